The van der Waals surface area contributed by atoms with Crippen LogP contribution in [0, 0.1) is 0 Å². The van der Waals surface area contributed by atoms with Crippen molar-refractivity contribution in [2.45, 2.75) is 51.0 Å². The number of ether oxygens (including phenoxy) is 3. The Morgan fingerprint density at radius 2 is 1.69 bits per heavy atom. The highest BCUT2D eigenvalue weighted by molar-refractivity contribution is 5.48. The van der Waals surface area contributed by atoms with Gasteiger partial charge in [0.2, 0.25) is 0 Å². The molecule has 1 aliphatic heterocycles. The molecule has 1 atom stereocenters. The third-order valence-electron chi connectivity index (χ3n) is 6.63. The van der Waals surface area contributed by atoms with Crippen LogP contribution in [0.5, 0.6) is 17.2 Å². The number of hydrogen-bond donors (Lipinski definition) is 0. The zero-order valence-corrected chi connectivity index (χ0v) is 18.0. The van der Waals surface area contributed by atoms with Gasteiger partial charge in [0, 0.05) is 13.1 Å². The molecule has 1 aliphatic carbocycles. The van der Waals surface area contributed by atoms with Crippen LogP contribution in [0.2, 0.25) is 0 Å². The fourth-order valence-electron chi connectivity index (χ4n) is 5.10. The van der Waals surface area contributed by atoms with Gasteiger partial charge in [0.05, 0.1) is 21.3 Å². The Hall–Kier alpha value is -2.20. The normalized spacial score (nSPS) is 18.7. The van der Waals surface area contributed by atoms with E-state index in [1.54, 1.807) is 21.3 Å². The summed E-state index contributed by atoms with van der Waals surface area (Å²) in [6.07, 6.45) is 7.32. The quantitative estimate of drug-likeness (QED) is 0.663. The Balaban J connectivity index is 1.36. The van der Waals surface area contributed by atoms with Crippen LogP contribution >= 0.6 is 0 Å². The second-order valence-electron chi connectivity index (χ2n) is 8.26. The van der Waals surface area contributed by atoms with Crippen LogP contribution in [0.3, 0.4) is 0 Å². The van der Waals surface area contributed by atoms with Crippen molar-refractivity contribution in [1.82, 2.24) is 4.90 Å². The van der Waals surface area contributed by atoms with E-state index in [2.05, 4.69) is 35.2 Å². The predicted molar refractivity (Wildman–Crippen MR) is 116 cm³/mol. The lowest BCUT2D eigenvalue weighted by Crippen LogP contribution is -2.31. The van der Waals surface area contributed by atoms with E-state index in [1.807, 2.05) is 0 Å². The van der Waals surface area contributed by atoms with Gasteiger partial charge in [-0.3, -0.25) is 4.90 Å². The minimum Gasteiger partial charge on any atom is -0.496 e. The maximum atomic E-state index is 5.60. The molecule has 0 bridgehead atoms. The summed E-state index contributed by atoms with van der Waals surface area (Å²) in [7, 11) is 5.21. The number of nitrogens with zero attached hydrogens (tertiary/aromatic N) is 1. The molecule has 0 fully saturated rings. The molecule has 156 valence electrons. The molecule has 2 aromatic rings. The lowest BCUT2D eigenvalue weighted by Gasteiger charge is -2.31. The van der Waals surface area contributed by atoms with Crippen LogP contribution in [-0.2, 0) is 19.4 Å². The van der Waals surface area contributed by atoms with Gasteiger partial charge >= 0.3 is 0 Å². The average Bonchev–Trinajstić information content (AvgIpc) is 2.77. The van der Waals surface area contributed by atoms with Crippen LogP contribution in [0.4, 0.5) is 0 Å². The molecule has 0 saturated heterocycles. The van der Waals surface area contributed by atoms with Crippen LogP contribution in [0.1, 0.15) is 53.9 Å². The van der Waals surface area contributed by atoms with E-state index in [9.17, 15) is 0 Å². The predicted octanol–water partition coefficient (Wildman–Crippen LogP) is 4.97. The number of methoxy groups -OCH3 is 3. The first-order chi connectivity index (χ1) is 14.2. The highest BCUT2D eigenvalue weighted by Gasteiger charge is 2.23. The van der Waals surface area contributed by atoms with Crippen molar-refractivity contribution in [3.05, 3.63) is 52.6 Å². The number of rotatable bonds is 7. The molecule has 0 N–H and O–H groups in total. The zero-order chi connectivity index (χ0) is 20.2. The second kappa shape index (κ2) is 9.08. The van der Waals surface area contributed by atoms with E-state index >= 15 is 0 Å². The topological polar surface area (TPSA) is 30.9 Å². The second-order valence-corrected chi connectivity index (χ2v) is 8.26. The first-order valence-corrected chi connectivity index (χ1v) is 10.9. The Morgan fingerprint density at radius 3 is 2.45 bits per heavy atom. The maximum absolute atomic E-state index is 5.60. The van der Waals surface area contributed by atoms with Gasteiger partial charge in [-0.15, -0.1) is 0 Å². The SMILES string of the molecule is COc1cc2c(cc1OC)CN(CCCC1CCCc3c(O[11CH3])cccc31)CC2. The van der Waals surface area contributed by atoms with E-state index in [0.29, 0.717) is 5.92 Å². The maximum Gasteiger partial charge on any atom is 0.161 e. The Bertz CT molecular complexity index is 848. The molecular formula is C25H33NO3. The van der Waals surface area contributed by atoms with Gasteiger partial charge in [0.1, 0.15) is 5.75 Å². The fourth-order valence-corrected chi connectivity index (χ4v) is 5.10. The molecule has 1 unspecified atom stereocenters. The van der Waals surface area contributed by atoms with E-state index in [0.717, 1.165) is 49.7 Å². The van der Waals surface area contributed by atoms with Gasteiger partial charge in [0.15, 0.2) is 11.5 Å². The summed E-state index contributed by atoms with van der Waals surface area (Å²) >= 11 is 0. The molecule has 0 amide bonds. The molecule has 0 spiro atoms. The van der Waals surface area contributed by atoms with Crippen molar-refractivity contribution in [3.63, 3.8) is 0 Å². The van der Waals surface area contributed by atoms with Crippen molar-refractivity contribution in [3.8, 4) is 17.2 Å². The highest BCUT2D eigenvalue weighted by Crippen LogP contribution is 2.39. The molecule has 4 nitrogen and oxygen atoms in total. The molecule has 4 rings (SSSR count). The number of hydrogen-bond acceptors (Lipinski definition) is 4. The van der Waals surface area contributed by atoms with E-state index in [1.165, 1.54) is 47.9 Å². The number of fused-ring (bicyclic) bond motifs is 2. The van der Waals surface area contributed by atoms with Crippen LogP contribution in [0.15, 0.2) is 30.3 Å². The van der Waals surface area contributed by atoms with Crippen molar-refractivity contribution >= 4 is 0 Å². The molecule has 0 aromatic heterocycles. The monoisotopic (exact) mass is 394 g/mol. The summed E-state index contributed by atoms with van der Waals surface area (Å²) in [6, 6.07) is 10.9. The Labute approximate surface area is 174 Å². The molecule has 0 radical (unpaired) electrons. The van der Waals surface area contributed by atoms with Gasteiger partial charge in [-0.05, 0) is 91.4 Å². The average molecular weight is 395 g/mol. The van der Waals surface area contributed by atoms with Crippen LogP contribution < -0.4 is 14.2 Å². The van der Waals surface area contributed by atoms with Gasteiger partial charge in [-0.25, -0.2) is 0 Å². The smallest absolute Gasteiger partial charge is 0.161 e. The largest absolute Gasteiger partial charge is 0.496 e. The van der Waals surface area contributed by atoms with Gasteiger partial charge < -0.3 is 14.2 Å². The van der Waals surface area contributed by atoms with Crippen LogP contribution in [0.25, 0.3) is 0 Å². The first-order valence-electron chi connectivity index (χ1n) is 10.9. The molecule has 29 heavy (non-hydrogen) atoms. The fraction of sp³-hybridized carbons (Fsp3) is 0.520. The Morgan fingerprint density at radius 1 is 0.931 bits per heavy atom. The van der Waals surface area contributed by atoms with E-state index in [-0.39, 0.29) is 0 Å². The van der Waals surface area contributed by atoms with Crippen LogP contribution in [-0.4, -0.2) is 39.3 Å². The van der Waals surface area contributed by atoms with Gasteiger partial charge in [-0.2, -0.15) is 0 Å². The molecular weight excluding hydrogens is 361 g/mol. The first kappa shape index (κ1) is 20.1. The number of benzene rings is 2. The molecule has 1 heterocycles. The van der Waals surface area contributed by atoms with E-state index < -0.39 is 0 Å². The van der Waals surface area contributed by atoms with E-state index in [4.69, 9.17) is 14.2 Å². The van der Waals surface area contributed by atoms with Crippen molar-refractivity contribution in [1.29, 1.82) is 0 Å². The lowest BCUT2D eigenvalue weighted by molar-refractivity contribution is 0.244. The standard InChI is InChI=1S/C25H33NO3/c1-27-23-11-5-9-21-18(7-4-10-22(21)23)8-6-13-26-14-12-19-15-24(28-2)25(29-3)16-20(19)17-26/h5,9,11,15-16,18H,4,6-8,10,12-14,17H2,1-3H3/i1-1. The lowest BCUT2D eigenvalue weighted by atomic mass is 9.80. The summed E-state index contributed by atoms with van der Waals surface area (Å²) < 4.78 is 16.6. The third-order valence-corrected chi connectivity index (χ3v) is 6.63. The van der Waals surface area contributed by atoms with Crippen molar-refractivity contribution < 1.29 is 14.2 Å². The summed E-state index contributed by atoms with van der Waals surface area (Å²) in [5, 5.41) is 0. The summed E-state index contributed by atoms with van der Waals surface area (Å²) in [6.45, 7) is 3.28. The summed E-state index contributed by atoms with van der Waals surface area (Å²) in [4.78, 5) is 2.59. The molecule has 2 aliphatic rings. The summed E-state index contributed by atoms with van der Waals surface area (Å²) in [5.74, 6) is 3.42. The van der Waals surface area contributed by atoms with Gasteiger partial charge in [0.25, 0.3) is 0 Å². The summed E-state index contributed by atoms with van der Waals surface area (Å²) in [5.41, 5.74) is 5.74. The molecule has 4 heteroatoms. The highest BCUT2D eigenvalue weighted by atomic mass is 16.5. The third kappa shape index (κ3) is 4.23. The minimum absolute atomic E-state index is 0.676. The van der Waals surface area contributed by atoms with Crippen molar-refractivity contribution in [2.75, 3.05) is 34.4 Å². The molecule has 2 aromatic carbocycles. The van der Waals surface area contributed by atoms with Crippen molar-refractivity contribution in [2.24, 2.45) is 0 Å². The zero-order valence-electron chi connectivity index (χ0n) is 18.0. The Kier molecular flexibility index (Phi) is 6.29. The molecule has 0 saturated carbocycles. The van der Waals surface area contributed by atoms with Gasteiger partial charge in [-0.1, -0.05) is 12.1 Å². The minimum atomic E-state index is 0.676.